The molecular formula is C39H27N7O9S2. The van der Waals surface area contributed by atoms with Crippen molar-refractivity contribution in [3.05, 3.63) is 133 Å². The second-order valence-electron chi connectivity index (χ2n) is 12.3. The van der Waals surface area contributed by atoms with Crippen LogP contribution in [0.3, 0.4) is 0 Å². The van der Waals surface area contributed by atoms with Crippen molar-refractivity contribution in [2.75, 3.05) is 5.73 Å². The molecule has 0 aliphatic rings. The van der Waals surface area contributed by atoms with Crippen LogP contribution in [0.1, 0.15) is 10.4 Å². The van der Waals surface area contributed by atoms with Crippen molar-refractivity contribution in [2.24, 2.45) is 30.7 Å². The third-order valence-electron chi connectivity index (χ3n) is 8.63. The molecular weight excluding hydrogens is 775 g/mol. The van der Waals surface area contributed by atoms with Crippen LogP contribution in [0, 0.1) is 0 Å². The predicted molar refractivity (Wildman–Crippen MR) is 211 cm³/mol. The number of carboxylic acid groups (broad SMARTS) is 1. The number of aromatic carboxylic acids is 1. The topological polar surface area (TPSA) is 266 Å². The number of anilines is 1. The summed E-state index contributed by atoms with van der Waals surface area (Å²) in [6, 6.07) is 32.3. The molecule has 0 amide bonds. The fourth-order valence-electron chi connectivity index (χ4n) is 5.75. The van der Waals surface area contributed by atoms with E-state index in [0.29, 0.717) is 38.9 Å². The van der Waals surface area contributed by atoms with Crippen molar-refractivity contribution in [1.82, 2.24) is 0 Å². The quantitative estimate of drug-likeness (QED) is 0.0496. The molecule has 57 heavy (non-hydrogen) atoms. The van der Waals surface area contributed by atoms with E-state index in [1.165, 1.54) is 60.7 Å². The number of phenols is 1. The third-order valence-corrected chi connectivity index (χ3v) is 10.3. The number of nitrogens with two attached hydrogens (primary N) is 1. The molecule has 0 spiro atoms. The van der Waals surface area contributed by atoms with E-state index in [2.05, 4.69) is 30.7 Å². The Hall–Kier alpha value is -7.25. The number of carboxylic acids is 1. The van der Waals surface area contributed by atoms with Gasteiger partial charge < -0.3 is 15.9 Å². The molecule has 7 aromatic carbocycles. The van der Waals surface area contributed by atoms with Gasteiger partial charge in [-0.2, -0.15) is 32.2 Å². The number of fused-ring (bicyclic) bond motifs is 2. The smallest absolute Gasteiger partial charge is 0.339 e. The maximum absolute atomic E-state index is 12.1. The lowest BCUT2D eigenvalue weighted by molar-refractivity contribution is 0.0693. The molecule has 6 N–H and O–H groups in total. The second-order valence-corrected chi connectivity index (χ2v) is 15.2. The molecule has 0 radical (unpaired) electrons. The highest BCUT2D eigenvalue weighted by atomic mass is 32.2. The number of hydrogen-bond donors (Lipinski definition) is 5. The van der Waals surface area contributed by atoms with Crippen LogP contribution in [-0.4, -0.2) is 42.1 Å². The fourth-order valence-corrected chi connectivity index (χ4v) is 6.76. The van der Waals surface area contributed by atoms with E-state index in [1.54, 1.807) is 42.5 Å². The minimum Gasteiger partial charge on any atom is -0.507 e. The van der Waals surface area contributed by atoms with Gasteiger partial charge in [0.1, 0.15) is 11.3 Å². The zero-order chi connectivity index (χ0) is 40.5. The normalized spacial score (nSPS) is 12.4. The number of nitrogen functional groups attached to an aromatic ring is 1. The Labute approximate surface area is 323 Å². The molecule has 7 rings (SSSR count). The van der Waals surface area contributed by atoms with Crippen LogP contribution in [0.15, 0.2) is 168 Å². The third kappa shape index (κ3) is 8.38. The number of aromatic hydroxyl groups is 1. The van der Waals surface area contributed by atoms with Gasteiger partial charge in [-0.25, -0.2) is 4.79 Å². The van der Waals surface area contributed by atoms with Gasteiger partial charge >= 0.3 is 5.97 Å². The van der Waals surface area contributed by atoms with Crippen LogP contribution in [0.2, 0.25) is 0 Å². The SMILES string of the molecule is Nc1ccc(N=Nc2ccc(N=Nc3ccc(-c4ccc(N=Nc5ccc(O)c(C(=O)O)c5)cc4)cc3)c3ccc(S(=O)(=O)O)cc23)c2ccc(S(=O)(=O)O)cc12. The maximum Gasteiger partial charge on any atom is 0.339 e. The van der Waals surface area contributed by atoms with Crippen molar-refractivity contribution >= 4 is 87.6 Å². The molecule has 0 saturated heterocycles. The van der Waals surface area contributed by atoms with Gasteiger partial charge in [0.2, 0.25) is 0 Å². The summed E-state index contributed by atoms with van der Waals surface area (Å²) >= 11 is 0. The Morgan fingerprint density at radius 3 is 1.42 bits per heavy atom. The summed E-state index contributed by atoms with van der Waals surface area (Å²) in [5, 5.41) is 46.0. The van der Waals surface area contributed by atoms with Crippen LogP contribution in [-0.2, 0) is 20.2 Å². The molecule has 0 atom stereocenters. The molecule has 284 valence electrons. The van der Waals surface area contributed by atoms with Crippen molar-refractivity contribution < 1.29 is 40.9 Å². The van der Waals surface area contributed by atoms with Crippen molar-refractivity contribution in [3.63, 3.8) is 0 Å². The summed E-state index contributed by atoms with van der Waals surface area (Å²) < 4.78 is 66.8. The van der Waals surface area contributed by atoms with Gasteiger partial charge in [-0.3, -0.25) is 9.11 Å². The van der Waals surface area contributed by atoms with E-state index < -0.39 is 26.2 Å². The molecule has 7 aromatic rings. The molecule has 0 unspecified atom stereocenters. The van der Waals surface area contributed by atoms with Crippen LogP contribution >= 0.6 is 0 Å². The van der Waals surface area contributed by atoms with Crippen molar-refractivity contribution in [3.8, 4) is 16.9 Å². The molecule has 0 aromatic heterocycles. The first-order valence-electron chi connectivity index (χ1n) is 16.5. The zero-order valence-corrected chi connectivity index (χ0v) is 30.7. The monoisotopic (exact) mass is 801 g/mol. The molecule has 0 fully saturated rings. The molecule has 0 saturated carbocycles. The van der Waals surface area contributed by atoms with E-state index in [1.807, 2.05) is 24.3 Å². The average Bonchev–Trinajstić information content (AvgIpc) is 3.19. The zero-order valence-electron chi connectivity index (χ0n) is 29.0. The number of benzene rings is 7. The summed E-state index contributed by atoms with van der Waals surface area (Å²) in [5.41, 5.74) is 9.95. The largest absolute Gasteiger partial charge is 0.507 e. The fraction of sp³-hybridized carbons (Fsp3) is 0. The second kappa shape index (κ2) is 15.1. The first kappa shape index (κ1) is 38.0. The first-order valence-corrected chi connectivity index (χ1v) is 19.4. The van der Waals surface area contributed by atoms with E-state index in [-0.39, 0.29) is 43.6 Å². The van der Waals surface area contributed by atoms with Gasteiger partial charge in [0, 0.05) is 27.2 Å². The Morgan fingerprint density at radius 1 is 0.474 bits per heavy atom. The molecule has 0 heterocycles. The van der Waals surface area contributed by atoms with E-state index in [4.69, 9.17) is 5.73 Å². The van der Waals surface area contributed by atoms with Gasteiger partial charge in [-0.1, -0.05) is 36.4 Å². The number of nitrogens with zero attached hydrogens (tertiary/aromatic N) is 6. The van der Waals surface area contributed by atoms with E-state index in [0.717, 1.165) is 11.1 Å². The molecule has 0 aliphatic heterocycles. The first-order chi connectivity index (χ1) is 27.1. The van der Waals surface area contributed by atoms with Crippen LogP contribution in [0.5, 0.6) is 5.75 Å². The number of carbonyl (C=O) groups is 1. The lowest BCUT2D eigenvalue weighted by atomic mass is 10.1. The Kier molecular flexibility index (Phi) is 10.1. The lowest BCUT2D eigenvalue weighted by Gasteiger charge is -2.08. The summed E-state index contributed by atoms with van der Waals surface area (Å²) in [4.78, 5) is 10.5. The van der Waals surface area contributed by atoms with Gasteiger partial charge in [0.25, 0.3) is 20.2 Å². The summed E-state index contributed by atoms with van der Waals surface area (Å²) in [5.74, 6) is -1.65. The average molecular weight is 802 g/mol. The van der Waals surface area contributed by atoms with Gasteiger partial charge in [-0.15, -0.1) is 15.3 Å². The highest BCUT2D eigenvalue weighted by Gasteiger charge is 2.16. The Balaban J connectivity index is 1.13. The Bertz CT molecular complexity index is 3060. The number of azo groups is 3. The molecule has 0 bridgehead atoms. The van der Waals surface area contributed by atoms with E-state index >= 15 is 0 Å². The van der Waals surface area contributed by atoms with Crippen LogP contribution < -0.4 is 5.73 Å². The maximum atomic E-state index is 12.1. The van der Waals surface area contributed by atoms with Crippen molar-refractivity contribution in [1.29, 1.82) is 0 Å². The van der Waals surface area contributed by atoms with Crippen LogP contribution in [0.4, 0.5) is 39.8 Å². The molecule has 16 nitrogen and oxygen atoms in total. The summed E-state index contributed by atoms with van der Waals surface area (Å²) in [6.45, 7) is 0. The lowest BCUT2D eigenvalue weighted by Crippen LogP contribution is -1.98. The minimum atomic E-state index is -4.59. The Morgan fingerprint density at radius 2 is 0.895 bits per heavy atom. The number of rotatable bonds is 10. The van der Waals surface area contributed by atoms with Crippen molar-refractivity contribution in [2.45, 2.75) is 9.79 Å². The summed E-state index contributed by atoms with van der Waals surface area (Å²) in [7, 11) is -9.08. The summed E-state index contributed by atoms with van der Waals surface area (Å²) in [6.07, 6.45) is 0. The highest BCUT2D eigenvalue weighted by Crippen LogP contribution is 2.39. The van der Waals surface area contributed by atoms with Crippen LogP contribution in [0.25, 0.3) is 32.7 Å². The standard InChI is InChI=1S/C39H27N7O9S2/c40-34-14-15-35(29-12-10-27(20-31(29)34)56(50,51)52)45-46-37-17-16-36(30-13-11-28(21-32(30)37)57(53,54)55)44-42-25-7-3-23(4-8-25)22-1-5-24(6-2-22)41-43-26-9-18-38(47)33(19-26)39(48)49/h1-21,47H,40H2,(H,48,49)(H,50,51,52)(H,53,54,55). The van der Waals surface area contributed by atoms with Gasteiger partial charge in [0.05, 0.1) is 43.9 Å². The predicted octanol–water partition coefficient (Wildman–Crippen LogP) is 10.4. The number of hydrogen-bond acceptors (Lipinski definition) is 13. The van der Waals surface area contributed by atoms with E-state index in [9.17, 15) is 40.9 Å². The molecule has 0 aliphatic carbocycles. The highest BCUT2D eigenvalue weighted by molar-refractivity contribution is 7.86. The minimum absolute atomic E-state index is 0.221. The van der Waals surface area contributed by atoms with Gasteiger partial charge in [-0.05, 0) is 102 Å². The molecule has 18 heteroatoms. The van der Waals surface area contributed by atoms with Gasteiger partial charge in [0.15, 0.2) is 0 Å².